The van der Waals surface area contributed by atoms with Gasteiger partial charge in [-0.1, -0.05) is 127 Å². The molecule has 0 amide bonds. The summed E-state index contributed by atoms with van der Waals surface area (Å²) in [7, 11) is 0. The second-order valence-corrected chi connectivity index (χ2v) is 13.7. The van der Waals surface area contributed by atoms with Gasteiger partial charge >= 0.3 is 0 Å². The van der Waals surface area contributed by atoms with Gasteiger partial charge in [-0.05, 0) is 98.4 Å². The number of nitrogens with zero attached hydrogens (tertiary/aromatic N) is 1. The number of para-hydroxylation sites is 1. The largest absolute Gasteiger partial charge is 0.456 e. The minimum Gasteiger partial charge on any atom is -0.456 e. The van der Waals surface area contributed by atoms with Crippen molar-refractivity contribution in [2.45, 2.75) is 0 Å². The lowest BCUT2D eigenvalue weighted by Crippen LogP contribution is -2.10. The summed E-state index contributed by atoms with van der Waals surface area (Å²) in [5, 5.41) is 9.30. The molecule has 3 nitrogen and oxygen atoms in total. The molecule has 53 heavy (non-hydrogen) atoms. The van der Waals surface area contributed by atoms with Crippen LogP contribution in [0.25, 0.3) is 87.7 Å². The van der Waals surface area contributed by atoms with E-state index in [1.165, 1.54) is 43.8 Å². The third-order valence-electron chi connectivity index (χ3n) is 10.6. The fourth-order valence-corrected chi connectivity index (χ4v) is 8.18. The predicted molar refractivity (Wildman–Crippen MR) is 222 cm³/mol. The van der Waals surface area contributed by atoms with Gasteiger partial charge in [-0.25, -0.2) is 0 Å². The van der Waals surface area contributed by atoms with Crippen molar-refractivity contribution in [1.82, 2.24) is 0 Å². The number of hydrogen-bond acceptors (Lipinski definition) is 3. The van der Waals surface area contributed by atoms with Crippen LogP contribution >= 0.6 is 0 Å². The van der Waals surface area contributed by atoms with Gasteiger partial charge in [0, 0.05) is 33.6 Å². The van der Waals surface area contributed by atoms with Gasteiger partial charge in [-0.3, -0.25) is 0 Å². The number of hydrogen-bond donors (Lipinski definition) is 0. The van der Waals surface area contributed by atoms with Gasteiger partial charge in [-0.2, -0.15) is 0 Å². The third-order valence-corrected chi connectivity index (χ3v) is 10.6. The zero-order chi connectivity index (χ0) is 34.9. The Balaban J connectivity index is 1.10. The normalized spacial score (nSPS) is 11.8. The van der Waals surface area contributed by atoms with Crippen LogP contribution in [0.5, 0.6) is 0 Å². The highest BCUT2D eigenvalue weighted by molar-refractivity contribution is 6.17. The minimum atomic E-state index is 0.840. The van der Waals surface area contributed by atoms with Gasteiger partial charge in [-0.15, -0.1) is 0 Å². The molecule has 0 radical (unpaired) electrons. The lowest BCUT2D eigenvalue weighted by molar-refractivity contribution is 0.669. The van der Waals surface area contributed by atoms with Crippen LogP contribution in [0.4, 0.5) is 17.1 Å². The molecule has 11 rings (SSSR count). The molecule has 0 saturated carbocycles. The first-order chi connectivity index (χ1) is 26.3. The van der Waals surface area contributed by atoms with E-state index in [2.05, 4.69) is 181 Å². The van der Waals surface area contributed by atoms with Gasteiger partial charge in [0.05, 0.1) is 11.1 Å². The molecule has 0 spiro atoms. The third kappa shape index (κ3) is 4.75. The van der Waals surface area contributed by atoms with E-state index < -0.39 is 0 Å². The van der Waals surface area contributed by atoms with Crippen molar-refractivity contribution in [1.29, 1.82) is 0 Å². The molecule has 0 unspecified atom stereocenters. The molecule has 0 saturated heterocycles. The zero-order valence-corrected chi connectivity index (χ0v) is 28.7. The Morgan fingerprint density at radius 3 is 1.81 bits per heavy atom. The summed E-state index contributed by atoms with van der Waals surface area (Å²) in [6.45, 7) is 0. The smallest absolute Gasteiger partial charge is 0.137 e. The highest BCUT2D eigenvalue weighted by Crippen LogP contribution is 2.46. The van der Waals surface area contributed by atoms with E-state index in [0.717, 1.165) is 60.9 Å². The van der Waals surface area contributed by atoms with Crippen LogP contribution in [0.3, 0.4) is 0 Å². The Kier molecular flexibility index (Phi) is 6.55. The first-order valence-electron chi connectivity index (χ1n) is 18.0. The number of benzene rings is 9. The first kappa shape index (κ1) is 29.6. The summed E-state index contributed by atoms with van der Waals surface area (Å²) in [6.07, 6.45) is 0. The molecule has 2 aromatic heterocycles. The van der Waals surface area contributed by atoms with E-state index in [0.29, 0.717) is 0 Å². The summed E-state index contributed by atoms with van der Waals surface area (Å²) in [4.78, 5) is 2.33. The number of furan rings is 2. The molecule has 11 aromatic rings. The van der Waals surface area contributed by atoms with E-state index in [9.17, 15) is 0 Å². The molecule has 0 atom stereocenters. The monoisotopic (exact) mass is 677 g/mol. The second-order valence-electron chi connectivity index (χ2n) is 13.7. The number of rotatable bonds is 5. The molecule has 248 valence electrons. The molecule has 2 heterocycles. The Labute approximate surface area is 305 Å². The van der Waals surface area contributed by atoms with Crippen LogP contribution in [0.2, 0.25) is 0 Å². The summed E-state index contributed by atoms with van der Waals surface area (Å²) >= 11 is 0. The van der Waals surface area contributed by atoms with Crippen molar-refractivity contribution in [2.75, 3.05) is 4.90 Å². The summed E-state index contributed by atoms with van der Waals surface area (Å²) in [6, 6.07) is 66.7. The molecular weight excluding hydrogens is 647 g/mol. The van der Waals surface area contributed by atoms with Gasteiger partial charge in [0.2, 0.25) is 0 Å². The average molecular weight is 678 g/mol. The molecule has 0 aliphatic rings. The van der Waals surface area contributed by atoms with Gasteiger partial charge in [0.15, 0.2) is 0 Å². The summed E-state index contributed by atoms with van der Waals surface area (Å²) < 4.78 is 13.1. The number of fused-ring (bicyclic) bond motifs is 8. The van der Waals surface area contributed by atoms with Gasteiger partial charge in [0.25, 0.3) is 0 Å². The highest BCUT2D eigenvalue weighted by atomic mass is 16.3. The first-order valence-corrected chi connectivity index (χ1v) is 18.0. The maximum absolute atomic E-state index is 6.70. The van der Waals surface area contributed by atoms with Crippen molar-refractivity contribution in [2.24, 2.45) is 0 Å². The molecule has 0 fully saturated rings. The molecule has 9 aromatic carbocycles. The summed E-state index contributed by atoms with van der Waals surface area (Å²) in [5.41, 5.74) is 11.2. The topological polar surface area (TPSA) is 29.5 Å². The standard InChI is InChI=1S/C50H31NO2/c1-2-12-35-30-36(23-22-32(35)10-1)33-24-26-37(27-25-33)51(44-18-9-21-47-50(44)42-15-5-6-19-45(42)52-47)38-28-29-43-48(31-38)53-46-20-8-17-41(49(43)46)40-16-7-13-34-11-3-4-14-39(34)40/h1-31H. The zero-order valence-electron chi connectivity index (χ0n) is 28.7. The van der Waals surface area contributed by atoms with E-state index in [1.807, 2.05) is 12.1 Å². The predicted octanol–water partition coefficient (Wildman–Crippen LogP) is 14.6. The Bertz CT molecular complexity index is 3180. The van der Waals surface area contributed by atoms with Crippen LogP contribution in [0, 0.1) is 0 Å². The van der Waals surface area contributed by atoms with E-state index in [4.69, 9.17) is 8.83 Å². The minimum absolute atomic E-state index is 0.840. The highest BCUT2D eigenvalue weighted by Gasteiger charge is 2.21. The van der Waals surface area contributed by atoms with Crippen LogP contribution < -0.4 is 4.90 Å². The molecule has 0 aliphatic heterocycles. The molecule has 0 aliphatic carbocycles. The number of anilines is 3. The van der Waals surface area contributed by atoms with Crippen molar-refractivity contribution in [3.8, 4) is 22.3 Å². The van der Waals surface area contributed by atoms with E-state index >= 15 is 0 Å². The molecule has 0 N–H and O–H groups in total. The van der Waals surface area contributed by atoms with Crippen molar-refractivity contribution in [3.63, 3.8) is 0 Å². The average Bonchev–Trinajstić information content (AvgIpc) is 3.79. The maximum Gasteiger partial charge on any atom is 0.137 e. The lowest BCUT2D eigenvalue weighted by Gasteiger charge is -2.26. The SMILES string of the molecule is c1ccc2cc(-c3ccc(N(c4ccc5c(c4)oc4cccc(-c6cccc7ccccc67)c45)c4cccc5oc6ccccc6c45)cc3)ccc2c1. The van der Waals surface area contributed by atoms with Crippen LogP contribution in [-0.4, -0.2) is 0 Å². The van der Waals surface area contributed by atoms with Crippen LogP contribution in [0.1, 0.15) is 0 Å². The molecular formula is C50H31NO2. The maximum atomic E-state index is 6.70. The fourth-order valence-electron chi connectivity index (χ4n) is 8.18. The molecule has 0 bridgehead atoms. The quantitative estimate of drug-likeness (QED) is 0.182. The van der Waals surface area contributed by atoms with Gasteiger partial charge in [0.1, 0.15) is 22.3 Å². The van der Waals surface area contributed by atoms with Crippen molar-refractivity contribution < 1.29 is 8.83 Å². The van der Waals surface area contributed by atoms with Crippen molar-refractivity contribution in [3.05, 3.63) is 188 Å². The fraction of sp³-hybridized carbons (Fsp3) is 0. The van der Waals surface area contributed by atoms with Crippen LogP contribution in [0.15, 0.2) is 197 Å². The Hall–Kier alpha value is -7.10. The van der Waals surface area contributed by atoms with Crippen LogP contribution in [-0.2, 0) is 0 Å². The second kappa shape index (κ2) is 11.7. The Morgan fingerprint density at radius 2 is 0.925 bits per heavy atom. The lowest BCUT2D eigenvalue weighted by atomic mass is 9.94. The Morgan fingerprint density at radius 1 is 0.321 bits per heavy atom. The summed E-state index contributed by atoms with van der Waals surface area (Å²) in [5.74, 6) is 0. The van der Waals surface area contributed by atoms with E-state index in [-0.39, 0.29) is 0 Å². The van der Waals surface area contributed by atoms with Crippen molar-refractivity contribution >= 4 is 82.5 Å². The van der Waals surface area contributed by atoms with E-state index in [1.54, 1.807) is 0 Å². The van der Waals surface area contributed by atoms with Gasteiger partial charge < -0.3 is 13.7 Å². The molecule has 3 heteroatoms.